The molecule has 0 unspecified atom stereocenters. The van der Waals surface area contributed by atoms with Crippen LogP contribution in [-0.2, 0) is 4.74 Å². The van der Waals surface area contributed by atoms with E-state index < -0.39 is 0 Å². The Bertz CT molecular complexity index is 19.5. The number of hydrogen-bond acceptors (Lipinski definition) is 2. The van der Waals surface area contributed by atoms with Crippen molar-refractivity contribution >= 4 is 12.6 Å². The van der Waals surface area contributed by atoms with Gasteiger partial charge in [0, 0.05) is 6.61 Å². The third-order valence-corrected chi connectivity index (χ3v) is 0.563. The van der Waals surface area contributed by atoms with Crippen LogP contribution in [0.4, 0.5) is 0 Å². The fourth-order valence-electron chi connectivity index (χ4n) is 0.167. The van der Waals surface area contributed by atoms with Crippen molar-refractivity contribution in [2.75, 3.05) is 12.5 Å². The molecule has 0 saturated carbocycles. The Hall–Kier alpha value is 0.310. The molecule has 0 aromatic heterocycles. The van der Waals surface area contributed by atoms with Gasteiger partial charge in [-0.3, -0.25) is 0 Å². The summed E-state index contributed by atoms with van der Waals surface area (Å²) in [6, 6.07) is 0. The first kappa shape index (κ1) is 6.31. The molecule has 1 nitrogen and oxygen atoms in total. The Balaban J connectivity index is 2.34. The van der Waals surface area contributed by atoms with Crippen LogP contribution in [-0.4, -0.2) is 12.5 Å². The van der Waals surface area contributed by atoms with E-state index >= 15 is 0 Å². The van der Waals surface area contributed by atoms with Crippen molar-refractivity contribution in [1.29, 1.82) is 0 Å². The molecule has 0 amide bonds. The van der Waals surface area contributed by atoms with E-state index in [2.05, 4.69) is 19.6 Å². The summed E-state index contributed by atoms with van der Waals surface area (Å²) >= 11 is 3.80. The highest BCUT2D eigenvalue weighted by molar-refractivity contribution is 7.80. The van der Waals surface area contributed by atoms with Crippen molar-refractivity contribution in [2.45, 2.75) is 6.42 Å². The predicted molar refractivity (Wildman–Crippen MR) is 29.8 cm³/mol. The van der Waals surface area contributed by atoms with Crippen LogP contribution in [0.5, 0.6) is 0 Å². The normalized spacial score (nSPS) is 9.00. The Kier molecular flexibility index (Phi) is 5.58. The number of hydrogen-bond donors (Lipinski definition) is 1. The molecule has 0 atom stereocenters. The Morgan fingerprint density at radius 2 is 2.33 bits per heavy atom. The first-order valence-corrected chi connectivity index (χ1v) is 2.53. The highest BCUT2D eigenvalue weighted by Gasteiger charge is 1.73. The van der Waals surface area contributed by atoms with E-state index in [1.54, 1.807) is 0 Å². The standard InChI is InChI=1S/C4H9OS/c1-2-3-5-4-6/h6H,1-4H2. The van der Waals surface area contributed by atoms with Gasteiger partial charge in [-0.1, -0.05) is 6.92 Å². The second-order valence-electron chi connectivity index (χ2n) is 0.891. The molecule has 0 rings (SSSR count). The first-order valence-electron chi connectivity index (χ1n) is 1.89. The average Bonchev–Trinajstić information content (AvgIpc) is 1.61. The van der Waals surface area contributed by atoms with Crippen LogP contribution in [0.15, 0.2) is 0 Å². The molecule has 0 bridgehead atoms. The third kappa shape index (κ3) is 4.31. The molecule has 0 aliphatic rings. The second-order valence-corrected chi connectivity index (χ2v) is 1.15. The van der Waals surface area contributed by atoms with Gasteiger partial charge in [0.1, 0.15) is 0 Å². The zero-order valence-electron chi connectivity index (χ0n) is 3.68. The fraction of sp³-hybridized carbons (Fsp3) is 0.750. The predicted octanol–water partition coefficient (Wildman–Crippen LogP) is 1.11. The largest absolute Gasteiger partial charge is 0.371 e. The second kappa shape index (κ2) is 5.31. The van der Waals surface area contributed by atoms with Crippen LogP contribution in [0.3, 0.4) is 0 Å². The van der Waals surface area contributed by atoms with Crippen molar-refractivity contribution in [2.24, 2.45) is 0 Å². The maximum Gasteiger partial charge on any atom is 0.0892 e. The summed E-state index contributed by atoms with van der Waals surface area (Å²) in [6.07, 6.45) is 0.834. The highest BCUT2D eigenvalue weighted by Crippen LogP contribution is 1.79. The molecule has 37 valence electrons. The number of ether oxygens (including phenoxy) is 1. The molecular formula is C4H9OS. The molecule has 0 N–H and O–H groups in total. The van der Waals surface area contributed by atoms with Crippen LogP contribution < -0.4 is 0 Å². The summed E-state index contributed by atoms with van der Waals surface area (Å²) in [5, 5.41) is 0. The zero-order chi connectivity index (χ0) is 4.83. The quantitative estimate of drug-likeness (QED) is 0.321. The summed E-state index contributed by atoms with van der Waals surface area (Å²) in [7, 11) is 0. The SMILES string of the molecule is [CH2]CCOCS. The summed E-state index contributed by atoms with van der Waals surface area (Å²) in [5.41, 5.74) is 0. The maximum absolute atomic E-state index is 4.78. The summed E-state index contributed by atoms with van der Waals surface area (Å²) in [6.45, 7) is 4.29. The van der Waals surface area contributed by atoms with Crippen molar-refractivity contribution in [1.82, 2.24) is 0 Å². The lowest BCUT2D eigenvalue weighted by molar-refractivity contribution is 0.189. The molecular weight excluding hydrogens is 96.1 g/mol. The minimum absolute atomic E-state index is 0.509. The molecule has 6 heavy (non-hydrogen) atoms. The Morgan fingerprint density at radius 1 is 1.67 bits per heavy atom. The number of thiol groups is 1. The summed E-state index contributed by atoms with van der Waals surface area (Å²) in [5.74, 6) is 0.509. The lowest BCUT2D eigenvalue weighted by Gasteiger charge is -1.90. The van der Waals surface area contributed by atoms with Gasteiger partial charge in [-0.25, -0.2) is 0 Å². The van der Waals surface area contributed by atoms with Gasteiger partial charge >= 0.3 is 0 Å². The van der Waals surface area contributed by atoms with Crippen LogP contribution in [0, 0.1) is 6.92 Å². The molecule has 0 aromatic rings. The van der Waals surface area contributed by atoms with Crippen LogP contribution in [0.1, 0.15) is 6.42 Å². The van der Waals surface area contributed by atoms with E-state index in [1.807, 2.05) is 0 Å². The van der Waals surface area contributed by atoms with E-state index in [1.165, 1.54) is 0 Å². The molecule has 1 radical (unpaired) electrons. The van der Waals surface area contributed by atoms with Crippen molar-refractivity contribution in [3.05, 3.63) is 6.92 Å². The lowest BCUT2D eigenvalue weighted by Crippen LogP contribution is -1.86. The average molecular weight is 105 g/mol. The van der Waals surface area contributed by atoms with Gasteiger partial charge in [-0.2, -0.15) is 12.6 Å². The molecule has 0 heterocycles. The van der Waals surface area contributed by atoms with Gasteiger partial charge in [-0.15, -0.1) is 0 Å². The van der Waals surface area contributed by atoms with Crippen molar-refractivity contribution in [3.63, 3.8) is 0 Å². The Labute approximate surface area is 44.1 Å². The van der Waals surface area contributed by atoms with E-state index in [9.17, 15) is 0 Å². The fourth-order valence-corrected chi connectivity index (χ4v) is 0.296. The smallest absolute Gasteiger partial charge is 0.0892 e. The maximum atomic E-state index is 4.78. The summed E-state index contributed by atoms with van der Waals surface area (Å²) < 4.78 is 4.78. The molecule has 0 aliphatic heterocycles. The Morgan fingerprint density at radius 3 is 2.50 bits per heavy atom. The van der Waals surface area contributed by atoms with E-state index in [0.717, 1.165) is 13.0 Å². The third-order valence-electron chi connectivity index (χ3n) is 0.380. The highest BCUT2D eigenvalue weighted by atomic mass is 32.1. The topological polar surface area (TPSA) is 9.23 Å². The number of rotatable bonds is 3. The minimum atomic E-state index is 0.509. The van der Waals surface area contributed by atoms with Crippen LogP contribution in [0.2, 0.25) is 0 Å². The molecule has 2 heteroatoms. The van der Waals surface area contributed by atoms with Gasteiger partial charge < -0.3 is 4.74 Å². The first-order chi connectivity index (χ1) is 2.91. The molecule has 0 spiro atoms. The van der Waals surface area contributed by atoms with Crippen LogP contribution >= 0.6 is 12.6 Å². The van der Waals surface area contributed by atoms with E-state index in [-0.39, 0.29) is 0 Å². The van der Waals surface area contributed by atoms with Crippen molar-refractivity contribution in [3.8, 4) is 0 Å². The van der Waals surface area contributed by atoms with Gasteiger partial charge in [0.05, 0.1) is 5.94 Å². The van der Waals surface area contributed by atoms with E-state index in [4.69, 9.17) is 4.74 Å². The van der Waals surface area contributed by atoms with Gasteiger partial charge in [-0.05, 0) is 6.42 Å². The summed E-state index contributed by atoms with van der Waals surface area (Å²) in [4.78, 5) is 0. The molecule has 0 aliphatic carbocycles. The lowest BCUT2D eigenvalue weighted by atomic mass is 10.5. The van der Waals surface area contributed by atoms with Crippen molar-refractivity contribution < 1.29 is 4.74 Å². The molecule has 0 fully saturated rings. The minimum Gasteiger partial charge on any atom is -0.371 e. The monoisotopic (exact) mass is 105 g/mol. The van der Waals surface area contributed by atoms with Gasteiger partial charge in [0.25, 0.3) is 0 Å². The molecule has 0 saturated heterocycles. The zero-order valence-corrected chi connectivity index (χ0v) is 4.58. The van der Waals surface area contributed by atoms with Gasteiger partial charge in [0.2, 0.25) is 0 Å². The molecule has 0 aromatic carbocycles. The van der Waals surface area contributed by atoms with E-state index in [0.29, 0.717) is 5.94 Å². The van der Waals surface area contributed by atoms with Crippen LogP contribution in [0.25, 0.3) is 0 Å². The van der Waals surface area contributed by atoms with Gasteiger partial charge in [0.15, 0.2) is 0 Å².